The Morgan fingerprint density at radius 3 is 2.56 bits per heavy atom. The Morgan fingerprint density at radius 2 is 1.92 bits per heavy atom. The van der Waals surface area contributed by atoms with Gasteiger partial charge in [0.1, 0.15) is 0 Å². The molecule has 0 bridgehead atoms. The third kappa shape index (κ3) is 5.63. The molecule has 0 atom stereocenters. The number of pyridine rings is 1. The van der Waals surface area contributed by atoms with E-state index in [9.17, 15) is 18.0 Å². The highest BCUT2D eigenvalue weighted by atomic mass is 35.5. The van der Waals surface area contributed by atoms with Crippen molar-refractivity contribution in [2.75, 3.05) is 25.5 Å². The molecule has 1 heterocycles. The zero-order chi connectivity index (χ0) is 18.4. The number of benzene rings is 1. The number of hydrogen-bond acceptors (Lipinski definition) is 3. The average Bonchev–Trinajstić information content (AvgIpc) is 2.58. The summed E-state index contributed by atoms with van der Waals surface area (Å²) in [6, 6.07) is 7.19. The second kappa shape index (κ2) is 8.20. The molecule has 0 aliphatic carbocycles. The molecule has 1 aromatic heterocycles. The number of nitrogens with one attached hydrogen (secondary N) is 1. The molecule has 25 heavy (non-hydrogen) atoms. The Kier molecular flexibility index (Phi) is 6.25. The molecule has 0 radical (unpaired) electrons. The number of rotatable bonds is 6. The standard InChI is InChI=1S/C17H17ClF3N3O/c1-24(9-6-12-4-7-22-8-5-12)16(25)11-23-13-2-3-15(18)14(10-13)17(19,20)21/h2-5,7-8,10,23H,6,9,11H2,1H3. The van der Waals surface area contributed by atoms with Gasteiger partial charge in [-0.25, -0.2) is 0 Å². The smallest absolute Gasteiger partial charge is 0.376 e. The van der Waals surface area contributed by atoms with Crippen molar-refractivity contribution in [1.29, 1.82) is 0 Å². The highest BCUT2D eigenvalue weighted by Gasteiger charge is 2.33. The van der Waals surface area contributed by atoms with Gasteiger partial charge in [0.25, 0.3) is 0 Å². The number of carbonyl (C=O) groups excluding carboxylic acids is 1. The monoisotopic (exact) mass is 371 g/mol. The normalized spacial score (nSPS) is 11.2. The lowest BCUT2D eigenvalue weighted by molar-refractivity contribution is -0.137. The first-order valence-corrected chi connectivity index (χ1v) is 7.88. The topological polar surface area (TPSA) is 45.2 Å². The number of halogens is 4. The van der Waals surface area contributed by atoms with Crippen LogP contribution in [0.3, 0.4) is 0 Å². The van der Waals surface area contributed by atoms with Crippen molar-refractivity contribution in [3.8, 4) is 0 Å². The fraction of sp³-hybridized carbons (Fsp3) is 0.294. The molecule has 0 aliphatic heterocycles. The minimum absolute atomic E-state index is 0.105. The Hall–Kier alpha value is -2.28. The van der Waals surface area contributed by atoms with Gasteiger partial charge in [-0.2, -0.15) is 13.2 Å². The Morgan fingerprint density at radius 1 is 1.24 bits per heavy atom. The summed E-state index contributed by atoms with van der Waals surface area (Å²) in [5.74, 6) is -0.224. The molecule has 2 rings (SSSR count). The van der Waals surface area contributed by atoms with Crippen molar-refractivity contribution < 1.29 is 18.0 Å². The summed E-state index contributed by atoms with van der Waals surface area (Å²) in [6.45, 7) is 0.394. The van der Waals surface area contributed by atoms with Gasteiger partial charge in [-0.15, -0.1) is 0 Å². The molecule has 134 valence electrons. The molecule has 0 saturated heterocycles. The Bertz CT molecular complexity index is 723. The minimum Gasteiger partial charge on any atom is -0.376 e. The van der Waals surface area contributed by atoms with E-state index in [1.165, 1.54) is 11.0 Å². The predicted molar refractivity (Wildman–Crippen MR) is 90.5 cm³/mol. The molecule has 2 aromatic rings. The van der Waals surface area contributed by atoms with E-state index in [4.69, 9.17) is 11.6 Å². The number of anilines is 1. The van der Waals surface area contributed by atoms with Gasteiger partial charge < -0.3 is 10.2 Å². The van der Waals surface area contributed by atoms with Crippen LogP contribution in [0.2, 0.25) is 5.02 Å². The van der Waals surface area contributed by atoms with Crippen LogP contribution < -0.4 is 5.32 Å². The number of aromatic nitrogens is 1. The van der Waals surface area contributed by atoms with Crippen LogP contribution in [0.1, 0.15) is 11.1 Å². The lowest BCUT2D eigenvalue weighted by atomic mass is 10.2. The van der Waals surface area contributed by atoms with E-state index in [1.54, 1.807) is 19.4 Å². The zero-order valence-corrected chi connectivity index (χ0v) is 14.2. The van der Waals surface area contributed by atoms with Crippen molar-refractivity contribution in [2.24, 2.45) is 0 Å². The average molecular weight is 372 g/mol. The first kappa shape index (κ1) is 19.1. The number of nitrogens with zero attached hydrogens (tertiary/aromatic N) is 2. The molecule has 1 amide bonds. The van der Waals surface area contributed by atoms with Crippen LogP contribution in [0.25, 0.3) is 0 Å². The molecular formula is C17H17ClF3N3O. The van der Waals surface area contributed by atoms with Gasteiger partial charge in [-0.1, -0.05) is 11.6 Å². The molecule has 8 heteroatoms. The van der Waals surface area contributed by atoms with Crippen LogP contribution in [-0.4, -0.2) is 35.9 Å². The van der Waals surface area contributed by atoms with Gasteiger partial charge in [-0.05, 0) is 42.3 Å². The SMILES string of the molecule is CN(CCc1ccncc1)C(=O)CNc1ccc(Cl)c(C(F)(F)F)c1. The maximum absolute atomic E-state index is 12.8. The first-order valence-electron chi connectivity index (χ1n) is 7.51. The lowest BCUT2D eigenvalue weighted by Gasteiger charge is -2.18. The second-order valence-corrected chi connectivity index (χ2v) is 5.87. The van der Waals surface area contributed by atoms with Crippen molar-refractivity contribution in [3.05, 3.63) is 58.9 Å². The first-order chi connectivity index (χ1) is 11.8. The molecule has 0 spiro atoms. The number of carbonyl (C=O) groups is 1. The second-order valence-electron chi connectivity index (χ2n) is 5.47. The zero-order valence-electron chi connectivity index (χ0n) is 13.5. The van der Waals surface area contributed by atoms with Crippen LogP contribution >= 0.6 is 11.6 Å². The van der Waals surface area contributed by atoms with Crippen molar-refractivity contribution in [1.82, 2.24) is 9.88 Å². The summed E-state index contributed by atoms with van der Waals surface area (Å²) in [6.07, 6.45) is -0.515. The quantitative estimate of drug-likeness (QED) is 0.838. The Labute approximate surface area is 148 Å². The van der Waals surface area contributed by atoms with Gasteiger partial charge >= 0.3 is 6.18 Å². The number of hydrogen-bond donors (Lipinski definition) is 1. The fourth-order valence-electron chi connectivity index (χ4n) is 2.14. The Balaban J connectivity index is 1.89. The summed E-state index contributed by atoms with van der Waals surface area (Å²) in [4.78, 5) is 17.5. The van der Waals surface area contributed by atoms with E-state index in [1.807, 2.05) is 12.1 Å². The molecule has 0 saturated carbocycles. The highest BCUT2D eigenvalue weighted by Crippen LogP contribution is 2.36. The largest absolute Gasteiger partial charge is 0.417 e. The van der Waals surface area contributed by atoms with Crippen LogP contribution in [0, 0.1) is 0 Å². The van der Waals surface area contributed by atoms with Gasteiger partial charge in [-0.3, -0.25) is 9.78 Å². The summed E-state index contributed by atoms with van der Waals surface area (Å²) in [5, 5.41) is 2.33. The molecule has 0 fully saturated rings. The molecule has 4 nitrogen and oxygen atoms in total. The molecule has 0 unspecified atom stereocenters. The molecular weight excluding hydrogens is 355 g/mol. The van der Waals surface area contributed by atoms with E-state index in [0.717, 1.165) is 17.7 Å². The predicted octanol–water partition coefficient (Wildman–Crippen LogP) is 3.87. The van der Waals surface area contributed by atoms with Crippen LogP contribution in [0.4, 0.5) is 18.9 Å². The van der Waals surface area contributed by atoms with Crippen molar-refractivity contribution >= 4 is 23.2 Å². The summed E-state index contributed by atoms with van der Waals surface area (Å²) < 4.78 is 38.5. The number of likely N-dealkylation sites (N-methyl/N-ethyl adjacent to an activating group) is 1. The third-order valence-corrected chi connectivity index (χ3v) is 3.96. The molecule has 0 aliphatic rings. The molecule has 1 aromatic carbocycles. The number of alkyl halides is 3. The van der Waals surface area contributed by atoms with E-state index in [2.05, 4.69) is 10.3 Å². The van der Waals surface area contributed by atoms with Crippen molar-refractivity contribution in [3.63, 3.8) is 0 Å². The van der Waals surface area contributed by atoms with E-state index in [-0.39, 0.29) is 23.2 Å². The summed E-state index contributed by atoms with van der Waals surface area (Å²) in [7, 11) is 1.65. The summed E-state index contributed by atoms with van der Waals surface area (Å²) >= 11 is 5.57. The van der Waals surface area contributed by atoms with Gasteiger partial charge in [0.2, 0.25) is 5.91 Å². The highest BCUT2D eigenvalue weighted by molar-refractivity contribution is 6.31. The van der Waals surface area contributed by atoms with Crippen LogP contribution in [0.5, 0.6) is 0 Å². The maximum atomic E-state index is 12.8. The third-order valence-electron chi connectivity index (χ3n) is 3.63. The van der Waals surface area contributed by atoms with Gasteiger partial charge in [0.15, 0.2) is 0 Å². The van der Waals surface area contributed by atoms with E-state index >= 15 is 0 Å². The van der Waals surface area contributed by atoms with Crippen LogP contribution in [0.15, 0.2) is 42.7 Å². The minimum atomic E-state index is -4.54. The number of amides is 1. The van der Waals surface area contributed by atoms with Gasteiger partial charge in [0.05, 0.1) is 17.1 Å². The van der Waals surface area contributed by atoms with Crippen molar-refractivity contribution in [2.45, 2.75) is 12.6 Å². The maximum Gasteiger partial charge on any atom is 0.417 e. The summed E-state index contributed by atoms with van der Waals surface area (Å²) in [5.41, 5.74) is 0.306. The van der Waals surface area contributed by atoms with E-state index < -0.39 is 11.7 Å². The molecule has 1 N–H and O–H groups in total. The lowest BCUT2D eigenvalue weighted by Crippen LogP contribution is -2.33. The van der Waals surface area contributed by atoms with Gasteiger partial charge in [0, 0.05) is 31.7 Å². The van der Waals surface area contributed by atoms with E-state index in [0.29, 0.717) is 13.0 Å². The fourth-order valence-corrected chi connectivity index (χ4v) is 2.36. The van der Waals surface area contributed by atoms with Crippen LogP contribution in [-0.2, 0) is 17.4 Å².